The largest absolute Gasteiger partial charge is 0.359 e. The predicted molar refractivity (Wildman–Crippen MR) is 88.7 cm³/mol. The summed E-state index contributed by atoms with van der Waals surface area (Å²) in [5, 5.41) is 6.36. The molecule has 0 aromatic carbocycles. The summed E-state index contributed by atoms with van der Waals surface area (Å²) in [6.07, 6.45) is 8.51. The maximum Gasteiger partial charge on any atom is 0.220 e. The quantitative estimate of drug-likeness (QED) is 0.599. The molecule has 0 unspecified atom stereocenters. The monoisotopic (exact) mass is 306 g/mol. The molecule has 2 saturated carbocycles. The number of aliphatic imine (C=N–C) groups is 1. The second kappa shape index (κ2) is 6.47. The third-order valence-corrected chi connectivity index (χ3v) is 5.81. The van der Waals surface area contributed by atoms with Crippen LogP contribution in [-0.2, 0) is 4.79 Å². The van der Waals surface area contributed by atoms with E-state index in [4.69, 9.17) is 0 Å². The minimum absolute atomic E-state index is 0.168. The van der Waals surface area contributed by atoms with E-state index in [9.17, 15) is 4.79 Å². The van der Waals surface area contributed by atoms with E-state index < -0.39 is 0 Å². The molecule has 1 heterocycles. The second-order valence-electron chi connectivity index (χ2n) is 7.35. The Balaban J connectivity index is 1.43. The molecule has 0 spiro atoms. The minimum atomic E-state index is 0.168. The van der Waals surface area contributed by atoms with Crippen molar-refractivity contribution in [3.63, 3.8) is 0 Å². The van der Waals surface area contributed by atoms with Crippen molar-refractivity contribution in [3.8, 4) is 0 Å². The molecule has 1 aliphatic heterocycles. The standard InChI is InChI=1S/C17H30N4O/c1-18-15(22)11-13-5-9-21(10-6-13)16(19-2)20-12-17(7-8-17)14-3-4-14/h13-14H,3-12H2,1-2H3,(H,18,22)(H,19,20). The third-order valence-electron chi connectivity index (χ3n) is 5.81. The molecule has 5 nitrogen and oxygen atoms in total. The van der Waals surface area contributed by atoms with Crippen molar-refractivity contribution >= 4 is 11.9 Å². The molecule has 0 atom stereocenters. The van der Waals surface area contributed by atoms with Crippen molar-refractivity contribution in [2.45, 2.75) is 44.9 Å². The van der Waals surface area contributed by atoms with E-state index in [1.165, 1.54) is 25.7 Å². The van der Waals surface area contributed by atoms with Crippen LogP contribution >= 0.6 is 0 Å². The number of likely N-dealkylation sites (tertiary alicyclic amines) is 1. The summed E-state index contributed by atoms with van der Waals surface area (Å²) in [6.45, 7) is 3.12. The molecule has 0 aromatic rings. The van der Waals surface area contributed by atoms with E-state index in [0.717, 1.165) is 44.4 Å². The molecule has 3 rings (SSSR count). The van der Waals surface area contributed by atoms with Crippen LogP contribution in [0.3, 0.4) is 0 Å². The fourth-order valence-corrected chi connectivity index (χ4v) is 3.89. The van der Waals surface area contributed by atoms with Crippen LogP contribution in [0.4, 0.5) is 0 Å². The number of piperidine rings is 1. The van der Waals surface area contributed by atoms with Crippen LogP contribution in [0.2, 0.25) is 0 Å². The fraction of sp³-hybridized carbons (Fsp3) is 0.882. The molecule has 3 aliphatic rings. The molecule has 1 saturated heterocycles. The number of amides is 1. The van der Waals surface area contributed by atoms with E-state index in [0.29, 0.717) is 17.8 Å². The zero-order valence-corrected chi connectivity index (χ0v) is 14.0. The summed E-state index contributed by atoms with van der Waals surface area (Å²) in [4.78, 5) is 18.3. The first kappa shape index (κ1) is 15.6. The minimum Gasteiger partial charge on any atom is -0.359 e. The number of carbonyl (C=O) groups excluding carboxylic acids is 1. The number of nitrogens with zero attached hydrogens (tertiary/aromatic N) is 2. The summed E-state index contributed by atoms with van der Waals surface area (Å²) >= 11 is 0. The molecule has 5 heteroatoms. The predicted octanol–water partition coefficient (Wildman–Crippen LogP) is 1.60. The van der Waals surface area contributed by atoms with Gasteiger partial charge in [-0.05, 0) is 55.8 Å². The Morgan fingerprint density at radius 3 is 2.41 bits per heavy atom. The van der Waals surface area contributed by atoms with Crippen LogP contribution in [0, 0.1) is 17.3 Å². The van der Waals surface area contributed by atoms with Crippen molar-refractivity contribution < 1.29 is 4.79 Å². The molecule has 124 valence electrons. The van der Waals surface area contributed by atoms with Crippen LogP contribution in [0.25, 0.3) is 0 Å². The van der Waals surface area contributed by atoms with Crippen molar-refractivity contribution in [2.75, 3.05) is 33.7 Å². The molecule has 22 heavy (non-hydrogen) atoms. The third kappa shape index (κ3) is 3.55. The highest BCUT2D eigenvalue weighted by Crippen LogP contribution is 2.60. The smallest absolute Gasteiger partial charge is 0.220 e. The molecule has 3 fully saturated rings. The van der Waals surface area contributed by atoms with Crippen LogP contribution < -0.4 is 10.6 Å². The van der Waals surface area contributed by atoms with Crippen LogP contribution in [0.15, 0.2) is 4.99 Å². The number of hydrogen-bond donors (Lipinski definition) is 2. The van der Waals surface area contributed by atoms with Crippen molar-refractivity contribution in [2.24, 2.45) is 22.2 Å². The Morgan fingerprint density at radius 2 is 1.91 bits per heavy atom. The SMILES string of the molecule is CN=C(NCC1(C2CC2)CC1)N1CCC(CC(=O)NC)CC1. The highest BCUT2D eigenvalue weighted by molar-refractivity contribution is 5.80. The molecule has 0 aromatic heterocycles. The first-order chi connectivity index (χ1) is 10.7. The zero-order chi connectivity index (χ0) is 15.6. The van der Waals surface area contributed by atoms with Gasteiger partial charge in [0.2, 0.25) is 5.91 Å². The highest BCUT2D eigenvalue weighted by atomic mass is 16.1. The van der Waals surface area contributed by atoms with Gasteiger partial charge in [0.1, 0.15) is 0 Å². The normalized spacial score (nSPS) is 25.0. The van der Waals surface area contributed by atoms with Crippen LogP contribution in [0.1, 0.15) is 44.9 Å². The summed E-state index contributed by atoms with van der Waals surface area (Å²) in [7, 11) is 3.60. The molecular weight excluding hydrogens is 276 g/mol. The van der Waals surface area contributed by atoms with Gasteiger partial charge in [0.05, 0.1) is 0 Å². The summed E-state index contributed by atoms with van der Waals surface area (Å²) in [6, 6.07) is 0. The van der Waals surface area contributed by atoms with Crippen molar-refractivity contribution in [1.29, 1.82) is 0 Å². The first-order valence-electron chi connectivity index (χ1n) is 8.83. The topological polar surface area (TPSA) is 56.7 Å². The Bertz CT molecular complexity index is 432. The lowest BCUT2D eigenvalue weighted by atomic mass is 9.93. The Morgan fingerprint density at radius 1 is 1.23 bits per heavy atom. The zero-order valence-electron chi connectivity index (χ0n) is 14.0. The number of guanidine groups is 1. The average molecular weight is 306 g/mol. The molecule has 2 N–H and O–H groups in total. The Hall–Kier alpha value is -1.26. The van der Waals surface area contributed by atoms with E-state index in [1.807, 2.05) is 7.05 Å². The van der Waals surface area contributed by atoms with Crippen molar-refractivity contribution in [3.05, 3.63) is 0 Å². The summed E-state index contributed by atoms with van der Waals surface area (Å²) in [5.74, 6) is 2.73. The van der Waals surface area contributed by atoms with Gasteiger partial charge in [-0.3, -0.25) is 9.79 Å². The molecule has 2 aliphatic carbocycles. The highest BCUT2D eigenvalue weighted by Gasteiger charge is 2.53. The number of nitrogens with one attached hydrogen (secondary N) is 2. The van der Waals surface area contributed by atoms with Gasteiger partial charge in [-0.2, -0.15) is 0 Å². The number of rotatable bonds is 5. The lowest BCUT2D eigenvalue weighted by molar-refractivity contribution is -0.121. The molecule has 1 amide bonds. The van der Waals surface area contributed by atoms with Gasteiger partial charge >= 0.3 is 0 Å². The maximum atomic E-state index is 11.5. The average Bonchev–Trinajstić information content (AvgIpc) is 3.41. The van der Waals surface area contributed by atoms with Gasteiger partial charge < -0.3 is 15.5 Å². The fourth-order valence-electron chi connectivity index (χ4n) is 3.89. The van der Waals surface area contributed by atoms with Gasteiger partial charge in [-0.25, -0.2) is 0 Å². The van der Waals surface area contributed by atoms with Crippen molar-refractivity contribution in [1.82, 2.24) is 15.5 Å². The summed E-state index contributed by atoms with van der Waals surface area (Å²) in [5.41, 5.74) is 0.605. The maximum absolute atomic E-state index is 11.5. The molecule has 0 bridgehead atoms. The van der Waals surface area contributed by atoms with Gasteiger partial charge in [-0.1, -0.05) is 0 Å². The van der Waals surface area contributed by atoms with E-state index in [2.05, 4.69) is 20.5 Å². The number of hydrogen-bond acceptors (Lipinski definition) is 2. The lowest BCUT2D eigenvalue weighted by Gasteiger charge is -2.34. The van der Waals surface area contributed by atoms with Crippen LogP contribution in [0.5, 0.6) is 0 Å². The molecular formula is C17H30N4O. The second-order valence-corrected chi connectivity index (χ2v) is 7.35. The number of carbonyl (C=O) groups is 1. The Labute approximate surface area is 133 Å². The van der Waals surface area contributed by atoms with Gasteiger partial charge in [0.15, 0.2) is 5.96 Å². The van der Waals surface area contributed by atoms with Crippen LogP contribution in [-0.4, -0.2) is 50.5 Å². The van der Waals surface area contributed by atoms with E-state index in [1.54, 1.807) is 7.05 Å². The van der Waals surface area contributed by atoms with Gasteiger partial charge in [0.25, 0.3) is 0 Å². The molecule has 0 radical (unpaired) electrons. The van der Waals surface area contributed by atoms with E-state index >= 15 is 0 Å². The van der Waals surface area contributed by atoms with E-state index in [-0.39, 0.29) is 5.91 Å². The lowest BCUT2D eigenvalue weighted by Crippen LogP contribution is -2.47. The van der Waals surface area contributed by atoms with Gasteiger partial charge in [-0.15, -0.1) is 0 Å². The first-order valence-corrected chi connectivity index (χ1v) is 8.83. The summed E-state index contributed by atoms with van der Waals surface area (Å²) < 4.78 is 0. The van der Waals surface area contributed by atoms with Gasteiger partial charge in [0, 0.05) is 40.2 Å². The Kier molecular flexibility index (Phi) is 4.59.